The Morgan fingerprint density at radius 1 is 1.36 bits per heavy atom. The molecule has 3 heteroatoms. The van der Waals surface area contributed by atoms with Gasteiger partial charge in [-0.3, -0.25) is 0 Å². The van der Waals surface area contributed by atoms with E-state index in [1.54, 1.807) is 7.11 Å². The number of hydrogen-bond acceptors (Lipinski definition) is 3. The molecule has 0 radical (unpaired) electrons. The first kappa shape index (κ1) is 9.49. The highest BCUT2D eigenvalue weighted by Gasteiger charge is 2.16. The molecule has 0 N–H and O–H groups in total. The van der Waals surface area contributed by atoms with Crippen LogP contribution in [0.2, 0.25) is 0 Å². The lowest BCUT2D eigenvalue weighted by Gasteiger charge is -2.23. The first-order chi connectivity index (χ1) is 6.90. The average molecular weight is 194 g/mol. The molecule has 0 amide bonds. The van der Waals surface area contributed by atoms with Gasteiger partial charge >= 0.3 is 0 Å². The Bertz CT molecular complexity index is 292. The predicted molar refractivity (Wildman–Crippen MR) is 52.5 cm³/mol. The summed E-state index contributed by atoms with van der Waals surface area (Å²) in [6.07, 6.45) is 0.0545. The smallest absolute Gasteiger partial charge is 0.119 e. The fourth-order valence-electron chi connectivity index (χ4n) is 1.52. The monoisotopic (exact) mass is 194 g/mol. The molecule has 76 valence electrons. The van der Waals surface area contributed by atoms with Crippen LogP contribution in [0.1, 0.15) is 11.7 Å². The molecule has 1 aromatic carbocycles. The Morgan fingerprint density at radius 3 is 3.00 bits per heavy atom. The van der Waals surface area contributed by atoms with Crippen molar-refractivity contribution in [2.45, 2.75) is 6.10 Å². The van der Waals surface area contributed by atoms with Crippen LogP contribution < -0.4 is 4.74 Å². The van der Waals surface area contributed by atoms with E-state index in [4.69, 9.17) is 14.2 Å². The minimum Gasteiger partial charge on any atom is -0.497 e. The second kappa shape index (κ2) is 4.44. The Balaban J connectivity index is 2.13. The van der Waals surface area contributed by atoms with E-state index in [2.05, 4.69) is 0 Å². The van der Waals surface area contributed by atoms with E-state index >= 15 is 0 Å². The second-order valence-corrected chi connectivity index (χ2v) is 3.21. The standard InChI is InChI=1S/C11H14O3/c1-12-10-4-2-3-9(7-10)11-8-13-5-6-14-11/h2-4,7,11H,5-6,8H2,1H3. The summed E-state index contributed by atoms with van der Waals surface area (Å²) in [6, 6.07) is 7.90. The highest BCUT2D eigenvalue weighted by molar-refractivity contribution is 5.30. The maximum Gasteiger partial charge on any atom is 0.119 e. The minimum atomic E-state index is 0.0545. The first-order valence-electron chi connectivity index (χ1n) is 4.73. The topological polar surface area (TPSA) is 27.7 Å². The third kappa shape index (κ3) is 2.05. The zero-order valence-corrected chi connectivity index (χ0v) is 8.23. The third-order valence-corrected chi connectivity index (χ3v) is 2.28. The fraction of sp³-hybridized carbons (Fsp3) is 0.455. The molecular weight excluding hydrogens is 180 g/mol. The van der Waals surface area contributed by atoms with Gasteiger partial charge in [0.05, 0.1) is 26.9 Å². The number of methoxy groups -OCH3 is 1. The van der Waals surface area contributed by atoms with Gasteiger partial charge in [-0.05, 0) is 17.7 Å². The Kier molecular flexibility index (Phi) is 3.01. The van der Waals surface area contributed by atoms with Crippen LogP contribution in [0.15, 0.2) is 24.3 Å². The van der Waals surface area contributed by atoms with Crippen LogP contribution in [0.25, 0.3) is 0 Å². The van der Waals surface area contributed by atoms with Crippen molar-refractivity contribution in [3.63, 3.8) is 0 Å². The summed E-state index contributed by atoms with van der Waals surface area (Å²) in [6.45, 7) is 2.00. The minimum absolute atomic E-state index is 0.0545. The Hall–Kier alpha value is -1.06. The van der Waals surface area contributed by atoms with Crippen LogP contribution in [-0.2, 0) is 9.47 Å². The molecular formula is C11H14O3. The zero-order valence-electron chi connectivity index (χ0n) is 8.23. The maximum atomic E-state index is 5.58. The molecule has 0 bridgehead atoms. The molecule has 0 aliphatic carbocycles. The third-order valence-electron chi connectivity index (χ3n) is 2.28. The second-order valence-electron chi connectivity index (χ2n) is 3.21. The lowest BCUT2D eigenvalue weighted by atomic mass is 10.1. The Labute approximate surface area is 83.6 Å². The molecule has 1 saturated heterocycles. The van der Waals surface area contributed by atoms with E-state index in [-0.39, 0.29) is 6.10 Å². The number of rotatable bonds is 2. The molecule has 1 heterocycles. The van der Waals surface area contributed by atoms with Crippen LogP contribution in [0.4, 0.5) is 0 Å². The van der Waals surface area contributed by atoms with Gasteiger partial charge in [0, 0.05) is 0 Å². The van der Waals surface area contributed by atoms with Gasteiger partial charge in [0.15, 0.2) is 0 Å². The molecule has 0 aromatic heterocycles. The van der Waals surface area contributed by atoms with Crippen LogP contribution in [0, 0.1) is 0 Å². The zero-order chi connectivity index (χ0) is 9.80. The van der Waals surface area contributed by atoms with E-state index < -0.39 is 0 Å². The summed E-state index contributed by atoms with van der Waals surface area (Å²) >= 11 is 0. The number of ether oxygens (including phenoxy) is 3. The maximum absolute atomic E-state index is 5.58. The molecule has 1 unspecified atom stereocenters. The van der Waals surface area contributed by atoms with Gasteiger partial charge in [-0.1, -0.05) is 12.1 Å². The van der Waals surface area contributed by atoms with Crippen LogP contribution in [0.3, 0.4) is 0 Å². The summed E-state index contributed by atoms with van der Waals surface area (Å²) in [4.78, 5) is 0. The van der Waals surface area contributed by atoms with Crippen molar-refractivity contribution < 1.29 is 14.2 Å². The molecule has 1 fully saturated rings. The van der Waals surface area contributed by atoms with Gasteiger partial charge in [0.25, 0.3) is 0 Å². The van der Waals surface area contributed by atoms with E-state index in [0.717, 1.165) is 11.3 Å². The molecule has 1 atom stereocenters. The van der Waals surface area contributed by atoms with Crippen molar-refractivity contribution in [3.05, 3.63) is 29.8 Å². The van der Waals surface area contributed by atoms with E-state index in [1.807, 2.05) is 24.3 Å². The van der Waals surface area contributed by atoms with Crippen molar-refractivity contribution in [1.29, 1.82) is 0 Å². The van der Waals surface area contributed by atoms with Gasteiger partial charge < -0.3 is 14.2 Å². The molecule has 0 saturated carbocycles. The summed E-state index contributed by atoms with van der Waals surface area (Å²) in [7, 11) is 1.66. The lowest BCUT2D eigenvalue weighted by Crippen LogP contribution is -2.21. The number of hydrogen-bond donors (Lipinski definition) is 0. The van der Waals surface area contributed by atoms with Crippen LogP contribution in [-0.4, -0.2) is 26.9 Å². The molecule has 1 aliphatic heterocycles. The van der Waals surface area contributed by atoms with Crippen molar-refractivity contribution >= 4 is 0 Å². The SMILES string of the molecule is COc1cccc(C2COCCO2)c1. The summed E-state index contributed by atoms with van der Waals surface area (Å²) < 4.78 is 16.1. The molecule has 2 rings (SSSR count). The van der Waals surface area contributed by atoms with Crippen molar-refractivity contribution in [1.82, 2.24) is 0 Å². The van der Waals surface area contributed by atoms with Crippen LogP contribution >= 0.6 is 0 Å². The van der Waals surface area contributed by atoms with E-state index in [0.29, 0.717) is 19.8 Å². The molecule has 0 spiro atoms. The van der Waals surface area contributed by atoms with E-state index in [1.165, 1.54) is 0 Å². The summed E-state index contributed by atoms with van der Waals surface area (Å²) in [5, 5.41) is 0. The summed E-state index contributed by atoms with van der Waals surface area (Å²) in [5.74, 6) is 0.858. The highest BCUT2D eigenvalue weighted by atomic mass is 16.6. The highest BCUT2D eigenvalue weighted by Crippen LogP contribution is 2.23. The van der Waals surface area contributed by atoms with Gasteiger partial charge in [-0.25, -0.2) is 0 Å². The quantitative estimate of drug-likeness (QED) is 0.718. The molecule has 1 aromatic rings. The van der Waals surface area contributed by atoms with Crippen molar-refractivity contribution in [3.8, 4) is 5.75 Å². The first-order valence-corrected chi connectivity index (χ1v) is 4.73. The lowest BCUT2D eigenvalue weighted by molar-refractivity contribution is -0.0901. The predicted octanol–water partition coefficient (Wildman–Crippen LogP) is 1.78. The normalized spacial score (nSPS) is 21.9. The number of benzene rings is 1. The fourth-order valence-corrected chi connectivity index (χ4v) is 1.52. The van der Waals surface area contributed by atoms with Crippen LogP contribution in [0.5, 0.6) is 5.75 Å². The summed E-state index contributed by atoms with van der Waals surface area (Å²) in [5.41, 5.74) is 1.11. The van der Waals surface area contributed by atoms with Crippen molar-refractivity contribution in [2.24, 2.45) is 0 Å². The molecule has 3 nitrogen and oxygen atoms in total. The van der Waals surface area contributed by atoms with E-state index in [9.17, 15) is 0 Å². The molecule has 1 aliphatic rings. The van der Waals surface area contributed by atoms with Gasteiger partial charge in [-0.2, -0.15) is 0 Å². The van der Waals surface area contributed by atoms with Gasteiger partial charge in [0.1, 0.15) is 11.9 Å². The molecule has 14 heavy (non-hydrogen) atoms. The van der Waals surface area contributed by atoms with Gasteiger partial charge in [-0.15, -0.1) is 0 Å². The van der Waals surface area contributed by atoms with Gasteiger partial charge in [0.2, 0.25) is 0 Å². The average Bonchev–Trinajstić information content (AvgIpc) is 2.30. The Morgan fingerprint density at radius 2 is 2.29 bits per heavy atom. The largest absolute Gasteiger partial charge is 0.497 e. The van der Waals surface area contributed by atoms with Crippen molar-refractivity contribution in [2.75, 3.05) is 26.9 Å².